The van der Waals surface area contributed by atoms with Crippen LogP contribution in [0.3, 0.4) is 0 Å². The summed E-state index contributed by atoms with van der Waals surface area (Å²) in [6.45, 7) is 5.19. The van der Waals surface area contributed by atoms with E-state index in [1.165, 1.54) is 12.8 Å². The Bertz CT molecular complexity index is 85.6. The monoisotopic (exact) mass is 159 g/mol. The summed E-state index contributed by atoms with van der Waals surface area (Å²) in [5.41, 5.74) is 5.91. The minimum Gasteiger partial charge on any atom is -0.385 e. The van der Waals surface area contributed by atoms with Crippen molar-refractivity contribution in [2.45, 2.75) is 39.2 Å². The first-order valence-corrected chi connectivity index (χ1v) is 4.46. The molecular weight excluding hydrogens is 138 g/mol. The van der Waals surface area contributed by atoms with E-state index in [1.54, 1.807) is 7.11 Å². The molecule has 0 aromatic rings. The molecule has 0 aliphatic heterocycles. The van der Waals surface area contributed by atoms with E-state index in [-0.39, 0.29) is 0 Å². The van der Waals surface area contributed by atoms with Crippen molar-refractivity contribution in [3.05, 3.63) is 0 Å². The van der Waals surface area contributed by atoms with Gasteiger partial charge in [0.05, 0.1) is 0 Å². The van der Waals surface area contributed by atoms with Gasteiger partial charge in [0.15, 0.2) is 0 Å². The minimum absolute atomic E-state index is 0.315. The van der Waals surface area contributed by atoms with Crippen LogP contribution >= 0.6 is 0 Å². The fourth-order valence-corrected chi connectivity index (χ4v) is 1.21. The van der Waals surface area contributed by atoms with Crippen LogP contribution in [0.5, 0.6) is 0 Å². The van der Waals surface area contributed by atoms with E-state index in [2.05, 4.69) is 13.8 Å². The maximum absolute atomic E-state index is 5.91. The molecule has 68 valence electrons. The molecule has 0 fully saturated rings. The van der Waals surface area contributed by atoms with Gasteiger partial charge < -0.3 is 10.5 Å². The first-order chi connectivity index (χ1) is 5.22. The van der Waals surface area contributed by atoms with Crippen LogP contribution < -0.4 is 5.73 Å². The summed E-state index contributed by atoms with van der Waals surface area (Å²) in [5, 5.41) is 0. The summed E-state index contributed by atoms with van der Waals surface area (Å²) < 4.78 is 4.96. The zero-order chi connectivity index (χ0) is 8.69. The first-order valence-electron chi connectivity index (χ1n) is 4.46. The average Bonchev–Trinajstić information content (AvgIpc) is 2.00. The summed E-state index contributed by atoms with van der Waals surface area (Å²) in [6, 6.07) is 0.315. The maximum atomic E-state index is 5.91. The van der Waals surface area contributed by atoms with E-state index in [1.807, 2.05) is 0 Å². The number of hydrogen-bond donors (Lipinski definition) is 1. The third-order valence-corrected chi connectivity index (χ3v) is 2.13. The van der Waals surface area contributed by atoms with E-state index in [0.29, 0.717) is 12.0 Å². The molecule has 0 saturated heterocycles. The second kappa shape index (κ2) is 6.62. The Hall–Kier alpha value is -0.0800. The molecule has 0 aromatic carbocycles. The third-order valence-electron chi connectivity index (χ3n) is 2.13. The van der Waals surface area contributed by atoms with Crippen LogP contribution in [0.15, 0.2) is 0 Å². The van der Waals surface area contributed by atoms with Crippen LogP contribution in [0, 0.1) is 5.92 Å². The lowest BCUT2D eigenvalue weighted by molar-refractivity contribution is 0.179. The Morgan fingerprint density at radius 2 is 2.00 bits per heavy atom. The molecule has 0 heterocycles. The van der Waals surface area contributed by atoms with Crippen LogP contribution in [-0.2, 0) is 4.74 Å². The molecule has 2 N–H and O–H groups in total. The van der Waals surface area contributed by atoms with E-state index in [0.717, 1.165) is 13.0 Å². The lowest BCUT2D eigenvalue weighted by atomic mass is 9.96. The second-order valence-electron chi connectivity index (χ2n) is 3.21. The van der Waals surface area contributed by atoms with Gasteiger partial charge in [-0.2, -0.15) is 0 Å². The quantitative estimate of drug-likeness (QED) is 0.641. The van der Waals surface area contributed by atoms with Crippen LogP contribution in [-0.4, -0.2) is 19.8 Å². The van der Waals surface area contributed by atoms with Crippen LogP contribution in [0.2, 0.25) is 0 Å². The van der Waals surface area contributed by atoms with Crippen LogP contribution in [0.25, 0.3) is 0 Å². The third kappa shape index (κ3) is 5.22. The second-order valence-corrected chi connectivity index (χ2v) is 3.21. The molecule has 2 heteroatoms. The van der Waals surface area contributed by atoms with Gasteiger partial charge in [-0.05, 0) is 18.8 Å². The average molecular weight is 159 g/mol. The van der Waals surface area contributed by atoms with Gasteiger partial charge in [-0.1, -0.05) is 20.3 Å². The zero-order valence-electron chi connectivity index (χ0n) is 7.97. The van der Waals surface area contributed by atoms with E-state index < -0.39 is 0 Å². The zero-order valence-corrected chi connectivity index (χ0v) is 7.97. The Balaban J connectivity index is 3.38. The SMILES string of the molecule is CCCC(C)C(N)CCOC. The first kappa shape index (κ1) is 10.9. The molecule has 0 amide bonds. The topological polar surface area (TPSA) is 35.2 Å². The standard InChI is InChI=1S/C9H21NO/c1-4-5-8(2)9(10)6-7-11-3/h8-9H,4-7,10H2,1-3H3. The lowest BCUT2D eigenvalue weighted by Gasteiger charge is -2.18. The van der Waals surface area contributed by atoms with Crippen molar-refractivity contribution in [1.82, 2.24) is 0 Å². The minimum atomic E-state index is 0.315. The predicted octanol–water partition coefficient (Wildman–Crippen LogP) is 1.79. The summed E-state index contributed by atoms with van der Waals surface area (Å²) >= 11 is 0. The van der Waals surface area contributed by atoms with Crippen molar-refractivity contribution in [1.29, 1.82) is 0 Å². The highest BCUT2D eigenvalue weighted by molar-refractivity contribution is 4.68. The Kier molecular flexibility index (Phi) is 6.57. The van der Waals surface area contributed by atoms with E-state index in [4.69, 9.17) is 10.5 Å². The smallest absolute Gasteiger partial charge is 0.0477 e. The van der Waals surface area contributed by atoms with E-state index in [9.17, 15) is 0 Å². The molecule has 0 bridgehead atoms. The van der Waals surface area contributed by atoms with Crippen molar-refractivity contribution in [2.24, 2.45) is 11.7 Å². The molecule has 2 nitrogen and oxygen atoms in total. The van der Waals surface area contributed by atoms with Gasteiger partial charge in [-0.15, -0.1) is 0 Å². The summed E-state index contributed by atoms with van der Waals surface area (Å²) in [5.74, 6) is 0.634. The fourth-order valence-electron chi connectivity index (χ4n) is 1.21. The highest BCUT2D eigenvalue weighted by Crippen LogP contribution is 2.10. The largest absolute Gasteiger partial charge is 0.385 e. The molecule has 0 aliphatic rings. The van der Waals surface area contributed by atoms with E-state index >= 15 is 0 Å². The van der Waals surface area contributed by atoms with Crippen molar-refractivity contribution in [3.8, 4) is 0 Å². The van der Waals surface area contributed by atoms with Gasteiger partial charge in [0, 0.05) is 19.8 Å². The van der Waals surface area contributed by atoms with Crippen LogP contribution in [0.1, 0.15) is 33.1 Å². The molecule has 0 aromatic heterocycles. The fraction of sp³-hybridized carbons (Fsp3) is 1.00. The summed E-state index contributed by atoms with van der Waals surface area (Å²) in [7, 11) is 1.72. The Labute approximate surface area is 70.1 Å². The van der Waals surface area contributed by atoms with Crippen molar-refractivity contribution in [3.63, 3.8) is 0 Å². The highest BCUT2D eigenvalue weighted by Gasteiger charge is 2.10. The highest BCUT2D eigenvalue weighted by atomic mass is 16.5. The molecule has 2 atom stereocenters. The molecule has 0 saturated carbocycles. The van der Waals surface area contributed by atoms with Gasteiger partial charge in [-0.3, -0.25) is 0 Å². The maximum Gasteiger partial charge on any atom is 0.0477 e. The molecule has 0 spiro atoms. The number of rotatable bonds is 6. The molecule has 11 heavy (non-hydrogen) atoms. The summed E-state index contributed by atoms with van der Waals surface area (Å²) in [6.07, 6.45) is 3.43. The molecule has 0 radical (unpaired) electrons. The van der Waals surface area contributed by atoms with Gasteiger partial charge in [0.2, 0.25) is 0 Å². The number of nitrogens with two attached hydrogens (primary N) is 1. The molecular formula is C9H21NO. The lowest BCUT2D eigenvalue weighted by Crippen LogP contribution is -2.29. The van der Waals surface area contributed by atoms with Crippen LogP contribution in [0.4, 0.5) is 0 Å². The Morgan fingerprint density at radius 3 is 2.45 bits per heavy atom. The number of ether oxygens (including phenoxy) is 1. The molecule has 0 aliphatic carbocycles. The predicted molar refractivity (Wildman–Crippen MR) is 48.5 cm³/mol. The Morgan fingerprint density at radius 1 is 1.36 bits per heavy atom. The number of hydrogen-bond acceptors (Lipinski definition) is 2. The molecule has 2 unspecified atom stereocenters. The number of methoxy groups -OCH3 is 1. The van der Waals surface area contributed by atoms with Crippen molar-refractivity contribution < 1.29 is 4.74 Å². The van der Waals surface area contributed by atoms with Crippen molar-refractivity contribution >= 4 is 0 Å². The molecule has 0 rings (SSSR count). The van der Waals surface area contributed by atoms with Gasteiger partial charge in [0.25, 0.3) is 0 Å². The van der Waals surface area contributed by atoms with Gasteiger partial charge in [0.1, 0.15) is 0 Å². The van der Waals surface area contributed by atoms with Gasteiger partial charge >= 0.3 is 0 Å². The summed E-state index contributed by atoms with van der Waals surface area (Å²) in [4.78, 5) is 0. The van der Waals surface area contributed by atoms with Gasteiger partial charge in [-0.25, -0.2) is 0 Å². The van der Waals surface area contributed by atoms with Crippen molar-refractivity contribution in [2.75, 3.05) is 13.7 Å². The normalized spacial score (nSPS) is 16.4.